The summed E-state index contributed by atoms with van der Waals surface area (Å²) < 4.78 is 22.6. The van der Waals surface area contributed by atoms with Crippen molar-refractivity contribution in [1.29, 1.82) is 0 Å². The minimum Gasteiger partial charge on any atom is -0.497 e. The maximum atomic E-state index is 6.02. The fourth-order valence-electron chi connectivity index (χ4n) is 3.08. The third-order valence-corrected chi connectivity index (χ3v) is 4.74. The number of rotatable bonds is 12. The largest absolute Gasteiger partial charge is 0.497 e. The number of ether oxygens (including phenoxy) is 3. The molecule has 0 unspecified atom stereocenters. The van der Waals surface area contributed by atoms with Crippen LogP contribution in [0.1, 0.15) is 38.5 Å². The van der Waals surface area contributed by atoms with E-state index in [1.807, 2.05) is 45.0 Å². The highest BCUT2D eigenvalue weighted by molar-refractivity contribution is 6.00. The molecule has 4 N–H and O–H groups in total. The SMILES string of the molecule is CCCON=C(COc1cc(OC(C)C)cc(C(=[NH2+])N=NN)c1)c1cc(-c2ccc(OC)cc2)no1. The number of nitrogens with zero attached hydrogens (tertiary/aromatic N) is 4. The number of aromatic nitrogens is 1. The molecule has 1 aromatic heterocycles. The second-order valence-electron chi connectivity index (χ2n) is 7.93. The lowest BCUT2D eigenvalue weighted by Gasteiger charge is -2.13. The summed E-state index contributed by atoms with van der Waals surface area (Å²) in [6.45, 7) is 6.30. The average Bonchev–Trinajstić information content (AvgIpc) is 3.36. The Balaban J connectivity index is 1.85. The summed E-state index contributed by atoms with van der Waals surface area (Å²) in [7, 11) is 1.62. The Bertz CT molecular complexity index is 1200. The highest BCUT2D eigenvalue weighted by Crippen LogP contribution is 2.26. The predicted molar refractivity (Wildman–Crippen MR) is 134 cm³/mol. The average molecular weight is 496 g/mol. The van der Waals surface area contributed by atoms with E-state index < -0.39 is 0 Å². The van der Waals surface area contributed by atoms with E-state index >= 15 is 0 Å². The van der Waals surface area contributed by atoms with Gasteiger partial charge in [-0.2, -0.15) is 0 Å². The van der Waals surface area contributed by atoms with Gasteiger partial charge >= 0.3 is 5.84 Å². The summed E-state index contributed by atoms with van der Waals surface area (Å²) in [4.78, 5) is 5.42. The molecule has 0 spiro atoms. The minimum atomic E-state index is -0.0596. The van der Waals surface area contributed by atoms with Gasteiger partial charge in [0.1, 0.15) is 36.2 Å². The maximum Gasteiger partial charge on any atom is 0.351 e. The molecule has 11 nitrogen and oxygen atoms in total. The highest BCUT2D eigenvalue weighted by atomic mass is 16.6. The summed E-state index contributed by atoms with van der Waals surface area (Å²) in [5.41, 5.74) is 2.47. The molecule has 1 heterocycles. The van der Waals surface area contributed by atoms with Crippen molar-refractivity contribution in [3.63, 3.8) is 0 Å². The molecule has 2 aromatic carbocycles. The smallest absolute Gasteiger partial charge is 0.351 e. The summed E-state index contributed by atoms with van der Waals surface area (Å²) in [6, 6.07) is 14.4. The Morgan fingerprint density at radius 2 is 1.83 bits per heavy atom. The van der Waals surface area contributed by atoms with E-state index in [1.165, 1.54) is 0 Å². The van der Waals surface area contributed by atoms with Crippen LogP contribution in [0.3, 0.4) is 0 Å². The Morgan fingerprint density at radius 1 is 1.08 bits per heavy atom. The van der Waals surface area contributed by atoms with Crippen molar-refractivity contribution in [2.45, 2.75) is 33.3 Å². The van der Waals surface area contributed by atoms with Crippen LogP contribution in [0.4, 0.5) is 0 Å². The number of methoxy groups -OCH3 is 1. The van der Waals surface area contributed by atoms with E-state index in [1.54, 1.807) is 31.4 Å². The lowest BCUT2D eigenvalue weighted by atomic mass is 10.1. The number of oxime groups is 1. The molecule has 0 fully saturated rings. The van der Waals surface area contributed by atoms with E-state index in [2.05, 4.69) is 20.6 Å². The predicted octanol–water partition coefficient (Wildman–Crippen LogP) is 3.18. The summed E-state index contributed by atoms with van der Waals surface area (Å²) in [5, 5.41) is 21.3. The van der Waals surface area contributed by atoms with Crippen LogP contribution in [0.25, 0.3) is 11.3 Å². The van der Waals surface area contributed by atoms with E-state index in [4.69, 9.17) is 34.8 Å². The Labute approximate surface area is 209 Å². The molecular formula is C25H31N6O5+. The quantitative estimate of drug-likeness (QED) is 0.0977. The normalized spacial score (nSPS) is 11.6. The second-order valence-corrected chi connectivity index (χ2v) is 7.93. The van der Waals surface area contributed by atoms with Gasteiger partial charge in [-0.3, -0.25) is 11.3 Å². The van der Waals surface area contributed by atoms with E-state index in [9.17, 15) is 0 Å². The van der Waals surface area contributed by atoms with Crippen molar-refractivity contribution >= 4 is 11.5 Å². The molecule has 0 aliphatic rings. The van der Waals surface area contributed by atoms with Crippen LogP contribution in [0.5, 0.6) is 17.2 Å². The molecule has 0 aliphatic heterocycles. The van der Waals surface area contributed by atoms with Gasteiger partial charge in [0.15, 0.2) is 11.5 Å². The van der Waals surface area contributed by atoms with Crippen molar-refractivity contribution in [2.75, 3.05) is 20.3 Å². The third-order valence-electron chi connectivity index (χ3n) is 4.74. The second kappa shape index (κ2) is 12.9. The van der Waals surface area contributed by atoms with Crippen LogP contribution in [-0.2, 0) is 4.84 Å². The van der Waals surface area contributed by atoms with Crippen molar-refractivity contribution < 1.29 is 29.0 Å². The lowest BCUT2D eigenvalue weighted by Crippen LogP contribution is -2.39. The van der Waals surface area contributed by atoms with Gasteiger partial charge in [0.05, 0.1) is 23.9 Å². The van der Waals surface area contributed by atoms with Crippen molar-refractivity contribution in [3.05, 3.63) is 59.9 Å². The molecular weight excluding hydrogens is 464 g/mol. The van der Waals surface area contributed by atoms with E-state index in [0.29, 0.717) is 40.8 Å². The van der Waals surface area contributed by atoms with Crippen LogP contribution in [0.15, 0.2) is 68.5 Å². The molecule has 3 aromatic rings. The highest BCUT2D eigenvalue weighted by Gasteiger charge is 2.17. The van der Waals surface area contributed by atoms with Gasteiger partial charge in [0.25, 0.3) is 0 Å². The summed E-state index contributed by atoms with van der Waals surface area (Å²) in [6.07, 6.45) is 0.740. The maximum absolute atomic E-state index is 6.02. The van der Waals surface area contributed by atoms with Crippen LogP contribution in [0, 0.1) is 0 Å². The zero-order valence-electron chi connectivity index (χ0n) is 20.8. The van der Waals surface area contributed by atoms with Crippen molar-refractivity contribution in [1.82, 2.24) is 5.16 Å². The topological polar surface area (TPSA) is 152 Å². The third kappa shape index (κ3) is 7.29. The van der Waals surface area contributed by atoms with Crippen molar-refractivity contribution in [2.24, 2.45) is 21.3 Å². The molecule has 190 valence electrons. The van der Waals surface area contributed by atoms with Gasteiger partial charge in [-0.25, -0.2) is 0 Å². The van der Waals surface area contributed by atoms with Crippen LogP contribution in [-0.4, -0.2) is 43.1 Å². The fourth-order valence-corrected chi connectivity index (χ4v) is 3.08. The Morgan fingerprint density at radius 3 is 2.50 bits per heavy atom. The minimum absolute atomic E-state index is 0.0316. The van der Waals surface area contributed by atoms with Crippen molar-refractivity contribution in [3.8, 4) is 28.5 Å². The molecule has 0 aliphatic carbocycles. The molecule has 0 saturated carbocycles. The van der Waals surface area contributed by atoms with Crippen LogP contribution in [0.2, 0.25) is 0 Å². The molecule has 11 heteroatoms. The van der Waals surface area contributed by atoms with Gasteiger partial charge < -0.3 is 23.6 Å². The van der Waals surface area contributed by atoms with Crippen LogP contribution < -0.4 is 25.5 Å². The Kier molecular flexibility index (Phi) is 9.38. The number of hydrogen-bond acceptors (Lipinski definition) is 8. The van der Waals surface area contributed by atoms with Gasteiger partial charge in [0, 0.05) is 22.9 Å². The number of benzene rings is 2. The van der Waals surface area contributed by atoms with Gasteiger partial charge in [0.2, 0.25) is 0 Å². The molecule has 3 rings (SSSR count). The first kappa shape index (κ1) is 26.2. The van der Waals surface area contributed by atoms with Gasteiger partial charge in [-0.1, -0.05) is 17.2 Å². The summed E-state index contributed by atoms with van der Waals surface area (Å²) >= 11 is 0. The fraction of sp³-hybridized carbons (Fsp3) is 0.320. The molecule has 0 radical (unpaired) electrons. The number of amidine groups is 1. The van der Waals surface area contributed by atoms with E-state index in [-0.39, 0.29) is 18.5 Å². The molecule has 0 bridgehead atoms. The summed E-state index contributed by atoms with van der Waals surface area (Å²) in [5.74, 6) is 7.45. The van der Waals surface area contributed by atoms with Gasteiger partial charge in [-0.15, -0.1) is 0 Å². The first-order valence-electron chi connectivity index (χ1n) is 11.4. The Hall–Kier alpha value is -4.41. The first-order chi connectivity index (χ1) is 17.4. The first-order valence-corrected chi connectivity index (χ1v) is 11.4. The standard InChI is InChI=1S/C25H30N6O5/c1-5-10-34-29-23(24-14-22(30-36-24)17-6-8-19(32-4)9-7-17)15-33-20-11-18(25(26)28-31-27)12-21(13-20)35-16(2)3/h6-9,11-14,16H,5,10,15H2,1-4H3,(H3,26,27,28)/p+1. The zero-order chi connectivity index (χ0) is 25.9. The number of hydrogen-bond donors (Lipinski definition) is 2. The van der Waals surface area contributed by atoms with E-state index in [0.717, 1.165) is 17.7 Å². The molecule has 0 amide bonds. The molecule has 0 atom stereocenters. The number of nitrogens with two attached hydrogens (primary N) is 2. The molecule has 36 heavy (non-hydrogen) atoms. The lowest BCUT2D eigenvalue weighted by molar-refractivity contribution is -0.114. The van der Waals surface area contributed by atoms with Gasteiger partial charge in [-0.05, 0) is 56.7 Å². The molecule has 0 saturated heterocycles. The zero-order valence-corrected chi connectivity index (χ0v) is 20.8. The monoisotopic (exact) mass is 495 g/mol. The van der Waals surface area contributed by atoms with Crippen LogP contribution >= 0.6 is 0 Å².